The van der Waals surface area contributed by atoms with Gasteiger partial charge in [-0.15, -0.1) is 0 Å². The van der Waals surface area contributed by atoms with Crippen molar-refractivity contribution in [3.63, 3.8) is 0 Å². The standard InChI is InChI=1S/C16H14ClNO2/c1-20-14-9-7-13(8-10-14)18-11-15(17)16(19)12-5-3-2-4-6-12/h2-11,18H,1H3/b15-11-. The van der Waals surface area contributed by atoms with E-state index in [1.165, 1.54) is 6.20 Å². The first-order valence-corrected chi connectivity index (χ1v) is 6.44. The highest BCUT2D eigenvalue weighted by Crippen LogP contribution is 2.17. The number of hydrogen-bond acceptors (Lipinski definition) is 3. The first-order chi connectivity index (χ1) is 9.70. The maximum absolute atomic E-state index is 12.0. The van der Waals surface area contributed by atoms with Gasteiger partial charge in [0.1, 0.15) is 10.8 Å². The van der Waals surface area contributed by atoms with Gasteiger partial charge in [-0.1, -0.05) is 41.9 Å². The van der Waals surface area contributed by atoms with E-state index in [0.29, 0.717) is 5.56 Å². The summed E-state index contributed by atoms with van der Waals surface area (Å²) in [5.74, 6) is 0.555. The second-order valence-corrected chi connectivity index (χ2v) is 4.47. The molecule has 3 nitrogen and oxygen atoms in total. The molecule has 0 aliphatic rings. The summed E-state index contributed by atoms with van der Waals surface area (Å²) in [4.78, 5) is 12.0. The van der Waals surface area contributed by atoms with Gasteiger partial charge in [0, 0.05) is 17.5 Å². The highest BCUT2D eigenvalue weighted by Gasteiger charge is 2.08. The summed E-state index contributed by atoms with van der Waals surface area (Å²) in [6, 6.07) is 16.2. The predicted molar refractivity (Wildman–Crippen MR) is 81.3 cm³/mol. The van der Waals surface area contributed by atoms with Gasteiger partial charge in [0.2, 0.25) is 5.78 Å². The van der Waals surface area contributed by atoms with Gasteiger partial charge < -0.3 is 10.1 Å². The van der Waals surface area contributed by atoms with Gasteiger partial charge in [-0.2, -0.15) is 0 Å². The summed E-state index contributed by atoms with van der Waals surface area (Å²) in [5.41, 5.74) is 1.38. The van der Waals surface area contributed by atoms with Gasteiger partial charge in [-0.3, -0.25) is 4.79 Å². The average Bonchev–Trinajstić information content (AvgIpc) is 2.53. The lowest BCUT2D eigenvalue weighted by Gasteiger charge is -2.04. The third-order valence-electron chi connectivity index (χ3n) is 2.71. The largest absolute Gasteiger partial charge is 0.497 e. The first-order valence-electron chi connectivity index (χ1n) is 6.06. The van der Waals surface area contributed by atoms with Crippen LogP contribution >= 0.6 is 11.6 Å². The molecule has 0 amide bonds. The minimum absolute atomic E-state index is 0.131. The molecule has 0 aliphatic heterocycles. The van der Waals surface area contributed by atoms with Crippen molar-refractivity contribution in [2.24, 2.45) is 0 Å². The lowest BCUT2D eigenvalue weighted by atomic mass is 10.1. The number of allylic oxidation sites excluding steroid dienone is 1. The Morgan fingerprint density at radius 2 is 1.75 bits per heavy atom. The molecular weight excluding hydrogens is 274 g/mol. The van der Waals surface area contributed by atoms with Crippen molar-refractivity contribution < 1.29 is 9.53 Å². The summed E-state index contributed by atoms with van der Waals surface area (Å²) in [5, 5.41) is 3.11. The van der Waals surface area contributed by atoms with Gasteiger partial charge in [0.05, 0.1) is 7.11 Å². The Morgan fingerprint density at radius 3 is 2.35 bits per heavy atom. The van der Waals surface area contributed by atoms with Gasteiger partial charge in [-0.25, -0.2) is 0 Å². The Morgan fingerprint density at radius 1 is 1.10 bits per heavy atom. The molecule has 0 spiro atoms. The number of nitrogens with one attached hydrogen (secondary N) is 1. The van der Waals surface area contributed by atoms with Crippen molar-refractivity contribution >= 4 is 23.1 Å². The SMILES string of the molecule is COc1ccc(N/C=C(\Cl)C(=O)c2ccccc2)cc1. The number of hydrogen-bond donors (Lipinski definition) is 1. The maximum atomic E-state index is 12.0. The maximum Gasteiger partial charge on any atom is 0.205 e. The topological polar surface area (TPSA) is 38.3 Å². The lowest BCUT2D eigenvalue weighted by Crippen LogP contribution is -2.01. The van der Waals surface area contributed by atoms with E-state index in [4.69, 9.17) is 16.3 Å². The van der Waals surface area contributed by atoms with E-state index >= 15 is 0 Å². The molecule has 1 N–H and O–H groups in total. The highest BCUT2D eigenvalue weighted by atomic mass is 35.5. The predicted octanol–water partition coefficient (Wildman–Crippen LogP) is 4.07. The molecule has 20 heavy (non-hydrogen) atoms. The van der Waals surface area contributed by atoms with Crippen LogP contribution in [0.5, 0.6) is 5.75 Å². The molecule has 0 aromatic heterocycles. The summed E-state index contributed by atoms with van der Waals surface area (Å²) in [6.45, 7) is 0. The van der Waals surface area contributed by atoms with Crippen molar-refractivity contribution in [3.8, 4) is 5.75 Å². The van der Waals surface area contributed by atoms with Crippen LogP contribution in [0.2, 0.25) is 0 Å². The van der Waals surface area contributed by atoms with E-state index in [-0.39, 0.29) is 10.8 Å². The van der Waals surface area contributed by atoms with Gasteiger partial charge >= 0.3 is 0 Å². The number of Topliss-reactive ketones (excluding diaryl/α,β-unsaturated/α-hetero) is 1. The number of ketones is 1. The molecule has 0 heterocycles. The molecule has 0 radical (unpaired) electrons. The highest BCUT2D eigenvalue weighted by molar-refractivity contribution is 6.45. The number of carbonyl (C=O) groups excluding carboxylic acids is 1. The normalized spacial score (nSPS) is 11.0. The van der Waals surface area contributed by atoms with Crippen molar-refractivity contribution in [1.29, 1.82) is 0 Å². The van der Waals surface area contributed by atoms with E-state index in [1.54, 1.807) is 31.4 Å². The van der Waals surface area contributed by atoms with E-state index < -0.39 is 0 Å². The molecular formula is C16H14ClNO2. The van der Waals surface area contributed by atoms with E-state index in [9.17, 15) is 4.79 Å². The van der Waals surface area contributed by atoms with Crippen LogP contribution in [-0.2, 0) is 0 Å². The Balaban J connectivity index is 2.05. The summed E-state index contributed by atoms with van der Waals surface area (Å²) in [7, 11) is 1.61. The Hall–Kier alpha value is -2.26. The van der Waals surface area contributed by atoms with Gasteiger partial charge in [-0.05, 0) is 24.3 Å². The fourth-order valence-corrected chi connectivity index (χ4v) is 1.79. The Labute approximate surface area is 122 Å². The third kappa shape index (κ3) is 3.62. The van der Waals surface area contributed by atoms with E-state index in [2.05, 4.69) is 5.32 Å². The molecule has 0 aliphatic carbocycles. The van der Waals surface area contributed by atoms with Crippen LogP contribution in [0.3, 0.4) is 0 Å². The minimum atomic E-state index is -0.215. The summed E-state index contributed by atoms with van der Waals surface area (Å²) < 4.78 is 5.07. The molecule has 102 valence electrons. The van der Waals surface area contributed by atoms with Crippen LogP contribution in [0.1, 0.15) is 10.4 Å². The monoisotopic (exact) mass is 287 g/mol. The number of rotatable bonds is 5. The number of benzene rings is 2. The van der Waals surface area contributed by atoms with Crippen LogP contribution in [0.4, 0.5) is 5.69 Å². The quantitative estimate of drug-likeness (QED) is 0.665. The van der Waals surface area contributed by atoms with E-state index in [0.717, 1.165) is 11.4 Å². The van der Waals surface area contributed by atoms with Crippen molar-refractivity contribution in [1.82, 2.24) is 0 Å². The number of ether oxygens (including phenoxy) is 1. The number of anilines is 1. The zero-order chi connectivity index (χ0) is 14.4. The molecule has 2 aromatic carbocycles. The number of methoxy groups -OCH3 is 1. The molecule has 0 unspecified atom stereocenters. The van der Waals surface area contributed by atoms with Crippen molar-refractivity contribution in [2.75, 3.05) is 12.4 Å². The second kappa shape index (κ2) is 6.78. The van der Waals surface area contributed by atoms with Crippen LogP contribution in [0.25, 0.3) is 0 Å². The second-order valence-electron chi connectivity index (χ2n) is 4.06. The zero-order valence-corrected chi connectivity index (χ0v) is 11.7. The first kappa shape index (κ1) is 14.2. The fourth-order valence-electron chi connectivity index (χ4n) is 1.63. The molecule has 2 aromatic rings. The average molecular weight is 288 g/mol. The van der Waals surface area contributed by atoms with E-state index in [1.807, 2.05) is 30.3 Å². The molecule has 0 bridgehead atoms. The van der Waals surface area contributed by atoms with Crippen LogP contribution in [0.15, 0.2) is 65.8 Å². The lowest BCUT2D eigenvalue weighted by molar-refractivity contribution is 0.104. The molecule has 0 saturated heterocycles. The van der Waals surface area contributed by atoms with Crippen LogP contribution in [-0.4, -0.2) is 12.9 Å². The van der Waals surface area contributed by atoms with Crippen LogP contribution in [0, 0.1) is 0 Å². The Kier molecular flexibility index (Phi) is 4.80. The molecule has 0 saturated carbocycles. The molecule has 2 rings (SSSR count). The zero-order valence-electron chi connectivity index (χ0n) is 11.0. The molecule has 0 fully saturated rings. The Bertz CT molecular complexity index is 606. The number of halogens is 1. The fraction of sp³-hybridized carbons (Fsp3) is 0.0625. The van der Waals surface area contributed by atoms with Gasteiger partial charge in [0.25, 0.3) is 0 Å². The summed E-state index contributed by atoms with van der Waals surface area (Å²) in [6.07, 6.45) is 1.48. The molecule has 0 atom stereocenters. The summed E-state index contributed by atoms with van der Waals surface area (Å²) >= 11 is 6.00. The van der Waals surface area contributed by atoms with Crippen molar-refractivity contribution in [3.05, 3.63) is 71.4 Å². The van der Waals surface area contributed by atoms with Crippen LogP contribution < -0.4 is 10.1 Å². The third-order valence-corrected chi connectivity index (χ3v) is 2.99. The van der Waals surface area contributed by atoms with Gasteiger partial charge in [0.15, 0.2) is 0 Å². The molecule has 4 heteroatoms. The number of carbonyl (C=O) groups is 1. The minimum Gasteiger partial charge on any atom is -0.497 e. The van der Waals surface area contributed by atoms with Crippen molar-refractivity contribution in [2.45, 2.75) is 0 Å². The smallest absolute Gasteiger partial charge is 0.205 e.